The first-order valence-electron chi connectivity index (χ1n) is 7.87. The van der Waals surface area contributed by atoms with Gasteiger partial charge in [0.05, 0.1) is 17.7 Å². The normalized spacial score (nSPS) is 23.7. The highest BCUT2D eigenvalue weighted by molar-refractivity contribution is 6.30. The summed E-state index contributed by atoms with van der Waals surface area (Å²) in [6.07, 6.45) is 1.82. The number of carbonyl (C=O) groups is 2. The molecule has 2 N–H and O–H groups in total. The fourth-order valence-corrected chi connectivity index (χ4v) is 3.12. The number of amides is 2. The number of rotatable bonds is 4. The largest absolute Gasteiger partial charge is 0.459 e. The van der Waals surface area contributed by atoms with Crippen LogP contribution in [0.5, 0.6) is 0 Å². The highest BCUT2D eigenvalue weighted by atomic mass is 35.5. The second-order valence-corrected chi connectivity index (χ2v) is 6.30. The van der Waals surface area contributed by atoms with Crippen LogP contribution in [-0.2, 0) is 14.3 Å². The fourth-order valence-electron chi connectivity index (χ4n) is 2.92. The molecule has 1 aromatic carbocycles. The van der Waals surface area contributed by atoms with E-state index in [1.54, 1.807) is 25.1 Å². The number of nitrogens with one attached hydrogen (secondary N) is 2. The van der Waals surface area contributed by atoms with Crippen LogP contribution in [0.15, 0.2) is 35.5 Å². The molecule has 7 heteroatoms. The van der Waals surface area contributed by atoms with Crippen LogP contribution in [0.3, 0.4) is 0 Å². The molecule has 128 valence electrons. The Kier molecular flexibility index (Phi) is 5.06. The van der Waals surface area contributed by atoms with E-state index < -0.39 is 12.0 Å². The lowest BCUT2D eigenvalue weighted by atomic mass is 9.95. The number of halogens is 1. The number of esters is 1. The minimum atomic E-state index is -0.602. The Hall–Kier alpha value is -2.05. The smallest absolute Gasteiger partial charge is 0.338 e. The lowest BCUT2D eigenvalue weighted by Gasteiger charge is -2.28. The number of ether oxygens (including phenoxy) is 2. The van der Waals surface area contributed by atoms with E-state index in [2.05, 4.69) is 10.6 Å². The van der Waals surface area contributed by atoms with Crippen LogP contribution in [0.25, 0.3) is 0 Å². The molecule has 0 unspecified atom stereocenters. The Balaban J connectivity index is 1.81. The van der Waals surface area contributed by atoms with Gasteiger partial charge in [-0.3, -0.25) is 0 Å². The van der Waals surface area contributed by atoms with E-state index in [4.69, 9.17) is 21.1 Å². The van der Waals surface area contributed by atoms with Crippen molar-refractivity contribution in [3.63, 3.8) is 0 Å². The summed E-state index contributed by atoms with van der Waals surface area (Å²) in [5.74, 6) is -0.472. The molecule has 2 atom stereocenters. The lowest BCUT2D eigenvalue weighted by Crippen LogP contribution is -2.45. The first-order chi connectivity index (χ1) is 11.5. The second-order valence-electron chi connectivity index (χ2n) is 5.86. The first kappa shape index (κ1) is 16.8. The molecule has 2 heterocycles. The zero-order valence-corrected chi connectivity index (χ0v) is 14.1. The van der Waals surface area contributed by atoms with Gasteiger partial charge in [-0.1, -0.05) is 23.7 Å². The van der Waals surface area contributed by atoms with Crippen molar-refractivity contribution in [2.75, 3.05) is 13.2 Å². The maximum atomic E-state index is 12.6. The summed E-state index contributed by atoms with van der Waals surface area (Å²) < 4.78 is 10.9. The summed E-state index contributed by atoms with van der Waals surface area (Å²) in [6, 6.07) is 6.07. The number of carbonyl (C=O) groups excluding carboxylic acids is 2. The van der Waals surface area contributed by atoms with Gasteiger partial charge < -0.3 is 20.1 Å². The van der Waals surface area contributed by atoms with Gasteiger partial charge in [-0.25, -0.2) is 9.59 Å². The molecule has 1 fully saturated rings. The molecule has 0 spiro atoms. The summed E-state index contributed by atoms with van der Waals surface area (Å²) >= 11 is 6.03. The van der Waals surface area contributed by atoms with Crippen LogP contribution in [0.2, 0.25) is 5.02 Å². The maximum Gasteiger partial charge on any atom is 0.338 e. The van der Waals surface area contributed by atoms with E-state index in [9.17, 15) is 9.59 Å². The number of hydrogen-bond donors (Lipinski definition) is 2. The fraction of sp³-hybridized carbons (Fsp3) is 0.412. The minimum absolute atomic E-state index is 0.0504. The quantitative estimate of drug-likeness (QED) is 0.818. The van der Waals surface area contributed by atoms with E-state index in [1.807, 2.05) is 6.07 Å². The monoisotopic (exact) mass is 350 g/mol. The highest BCUT2D eigenvalue weighted by Gasteiger charge is 2.32. The number of allylic oxidation sites excluding steroid dienone is 1. The summed E-state index contributed by atoms with van der Waals surface area (Å²) in [6.45, 7) is 2.59. The van der Waals surface area contributed by atoms with E-state index in [0.717, 1.165) is 18.4 Å². The predicted molar refractivity (Wildman–Crippen MR) is 88.5 cm³/mol. The molecule has 3 rings (SSSR count). The van der Waals surface area contributed by atoms with Gasteiger partial charge in [-0.05, 0) is 37.5 Å². The van der Waals surface area contributed by atoms with Crippen LogP contribution < -0.4 is 10.6 Å². The average molecular weight is 351 g/mol. The van der Waals surface area contributed by atoms with Gasteiger partial charge in [0.25, 0.3) is 0 Å². The van der Waals surface area contributed by atoms with Crippen LogP contribution >= 0.6 is 11.6 Å². The molecular formula is C17H19ClN2O4. The summed E-state index contributed by atoms with van der Waals surface area (Å²) in [7, 11) is 0. The van der Waals surface area contributed by atoms with E-state index in [0.29, 0.717) is 22.9 Å². The van der Waals surface area contributed by atoms with Crippen molar-refractivity contribution in [3.05, 3.63) is 46.1 Å². The SMILES string of the molecule is CC1=C(C(=O)OC[C@@H]2CCCO2)[C@@H](c2cccc(Cl)c2)NC(=O)N1. The van der Waals surface area contributed by atoms with Gasteiger partial charge in [-0.2, -0.15) is 0 Å². The van der Waals surface area contributed by atoms with Gasteiger partial charge in [0.1, 0.15) is 6.61 Å². The van der Waals surface area contributed by atoms with E-state index in [1.165, 1.54) is 0 Å². The number of benzene rings is 1. The Morgan fingerprint density at radius 1 is 1.46 bits per heavy atom. The van der Waals surface area contributed by atoms with Crippen molar-refractivity contribution < 1.29 is 19.1 Å². The Labute approximate surface area is 145 Å². The third-order valence-corrected chi connectivity index (χ3v) is 4.33. The van der Waals surface area contributed by atoms with Crippen molar-refractivity contribution >= 4 is 23.6 Å². The summed E-state index contributed by atoms with van der Waals surface area (Å²) in [4.78, 5) is 24.4. The summed E-state index contributed by atoms with van der Waals surface area (Å²) in [5, 5.41) is 5.90. The van der Waals surface area contributed by atoms with Gasteiger partial charge in [0, 0.05) is 17.3 Å². The van der Waals surface area contributed by atoms with Crippen LogP contribution in [0, 0.1) is 0 Å². The Bertz CT molecular complexity index is 683. The van der Waals surface area contributed by atoms with Crippen molar-refractivity contribution in [2.45, 2.75) is 31.9 Å². The Morgan fingerprint density at radius 3 is 3.00 bits per heavy atom. The van der Waals surface area contributed by atoms with E-state index in [-0.39, 0.29) is 18.7 Å². The molecule has 2 aliphatic rings. The van der Waals surface area contributed by atoms with Crippen molar-refractivity contribution in [1.29, 1.82) is 0 Å². The molecule has 2 aliphatic heterocycles. The number of hydrogen-bond acceptors (Lipinski definition) is 4. The third kappa shape index (κ3) is 3.71. The first-order valence-corrected chi connectivity index (χ1v) is 8.25. The van der Waals surface area contributed by atoms with Gasteiger partial charge in [0.2, 0.25) is 0 Å². The molecule has 0 radical (unpaired) electrons. The zero-order valence-electron chi connectivity index (χ0n) is 13.3. The average Bonchev–Trinajstić information content (AvgIpc) is 3.05. The minimum Gasteiger partial charge on any atom is -0.459 e. The summed E-state index contributed by atoms with van der Waals surface area (Å²) in [5.41, 5.74) is 1.57. The molecule has 0 bridgehead atoms. The highest BCUT2D eigenvalue weighted by Crippen LogP contribution is 2.29. The van der Waals surface area contributed by atoms with Crippen molar-refractivity contribution in [1.82, 2.24) is 10.6 Å². The molecule has 0 aliphatic carbocycles. The van der Waals surface area contributed by atoms with Crippen molar-refractivity contribution in [2.24, 2.45) is 0 Å². The Morgan fingerprint density at radius 2 is 2.29 bits per heavy atom. The topological polar surface area (TPSA) is 76.7 Å². The lowest BCUT2D eigenvalue weighted by molar-refractivity contribution is -0.142. The van der Waals surface area contributed by atoms with Gasteiger partial charge >= 0.3 is 12.0 Å². The van der Waals surface area contributed by atoms with Crippen molar-refractivity contribution in [3.8, 4) is 0 Å². The zero-order chi connectivity index (χ0) is 17.1. The van der Waals surface area contributed by atoms with Gasteiger partial charge in [-0.15, -0.1) is 0 Å². The number of urea groups is 1. The van der Waals surface area contributed by atoms with Crippen LogP contribution in [-0.4, -0.2) is 31.3 Å². The maximum absolute atomic E-state index is 12.6. The molecule has 0 saturated carbocycles. The second kappa shape index (κ2) is 7.23. The molecule has 24 heavy (non-hydrogen) atoms. The standard InChI is InChI=1S/C17H19ClN2O4/c1-10-14(16(21)24-9-13-6-3-7-23-13)15(20-17(22)19-10)11-4-2-5-12(18)8-11/h2,4-5,8,13,15H,3,6-7,9H2,1H3,(H2,19,20,22)/t13-,15+/m0/s1. The molecule has 1 saturated heterocycles. The molecule has 2 amide bonds. The van der Waals surface area contributed by atoms with Crippen LogP contribution in [0.4, 0.5) is 4.79 Å². The third-order valence-electron chi connectivity index (χ3n) is 4.10. The molecule has 1 aromatic rings. The molecular weight excluding hydrogens is 332 g/mol. The van der Waals surface area contributed by atoms with Gasteiger partial charge in [0.15, 0.2) is 0 Å². The van der Waals surface area contributed by atoms with E-state index >= 15 is 0 Å². The predicted octanol–water partition coefficient (Wildman–Crippen LogP) is 2.69. The van der Waals surface area contributed by atoms with Crippen LogP contribution in [0.1, 0.15) is 31.4 Å². The molecule has 0 aromatic heterocycles. The molecule has 6 nitrogen and oxygen atoms in total.